The van der Waals surface area contributed by atoms with Crippen LogP contribution in [0.2, 0.25) is 0 Å². The van der Waals surface area contributed by atoms with Crippen LogP contribution in [0.3, 0.4) is 0 Å². The van der Waals surface area contributed by atoms with Crippen molar-refractivity contribution in [3.05, 3.63) is 47.5 Å². The Bertz CT molecular complexity index is 646. The SMILES string of the molecule is C=C(C)CSC.CC1CCC(C)CC1.CCC(C)C.CCC1CC(C(C)Cc2ccc(C(C)C)cc2)C1. The molecule has 0 bridgehead atoms. The average Bonchev–Trinajstić information content (AvgIpc) is 2.82. The van der Waals surface area contributed by atoms with E-state index in [1.165, 1.54) is 74.5 Å². The van der Waals surface area contributed by atoms with E-state index >= 15 is 0 Å². The maximum atomic E-state index is 3.72. The molecule has 3 rings (SSSR count). The summed E-state index contributed by atoms with van der Waals surface area (Å²) >= 11 is 1.81. The van der Waals surface area contributed by atoms with Gasteiger partial charge in [0.25, 0.3) is 0 Å². The van der Waals surface area contributed by atoms with Crippen molar-refractivity contribution in [3.63, 3.8) is 0 Å². The minimum Gasteiger partial charge on any atom is -0.161 e. The molecule has 2 fully saturated rings. The Labute approximate surface area is 239 Å². The molecular formula is C36H66S. The summed E-state index contributed by atoms with van der Waals surface area (Å²) in [4.78, 5) is 0. The van der Waals surface area contributed by atoms with E-state index in [-0.39, 0.29) is 0 Å². The smallest absolute Gasteiger partial charge is 0.0135 e. The number of hydrogen-bond donors (Lipinski definition) is 0. The quantitative estimate of drug-likeness (QED) is 0.301. The Morgan fingerprint density at radius 3 is 1.65 bits per heavy atom. The fraction of sp³-hybridized carbons (Fsp3) is 0.778. The van der Waals surface area contributed by atoms with Crippen molar-refractivity contribution < 1.29 is 0 Å². The zero-order valence-corrected chi connectivity index (χ0v) is 27.9. The van der Waals surface area contributed by atoms with Crippen LogP contribution in [-0.2, 0) is 6.42 Å². The van der Waals surface area contributed by atoms with Gasteiger partial charge in [-0.15, -0.1) is 0 Å². The van der Waals surface area contributed by atoms with Gasteiger partial charge < -0.3 is 0 Å². The van der Waals surface area contributed by atoms with E-state index in [2.05, 4.69) is 99.4 Å². The molecule has 0 nitrogen and oxygen atoms in total. The molecule has 0 aromatic heterocycles. The minimum absolute atomic E-state index is 0.647. The van der Waals surface area contributed by atoms with Crippen molar-refractivity contribution in [2.45, 2.75) is 133 Å². The summed E-state index contributed by atoms with van der Waals surface area (Å²) in [7, 11) is 0. The second kappa shape index (κ2) is 21.2. The Morgan fingerprint density at radius 2 is 1.35 bits per heavy atom. The van der Waals surface area contributed by atoms with Gasteiger partial charge >= 0.3 is 0 Å². The molecule has 0 N–H and O–H groups in total. The highest BCUT2D eigenvalue weighted by molar-refractivity contribution is 7.98. The molecule has 37 heavy (non-hydrogen) atoms. The number of benzene rings is 1. The minimum atomic E-state index is 0.647. The molecule has 2 aliphatic carbocycles. The summed E-state index contributed by atoms with van der Waals surface area (Å²) in [6.07, 6.45) is 14.9. The van der Waals surface area contributed by atoms with Crippen molar-refractivity contribution in [1.29, 1.82) is 0 Å². The van der Waals surface area contributed by atoms with E-state index in [4.69, 9.17) is 0 Å². The highest BCUT2D eigenvalue weighted by atomic mass is 32.2. The first-order valence-corrected chi connectivity index (χ1v) is 17.0. The number of rotatable bonds is 8. The topological polar surface area (TPSA) is 0 Å². The third-order valence-corrected chi connectivity index (χ3v) is 9.15. The summed E-state index contributed by atoms with van der Waals surface area (Å²) in [5.74, 6) is 7.54. The fourth-order valence-corrected chi connectivity index (χ4v) is 5.33. The van der Waals surface area contributed by atoms with Gasteiger partial charge in [0.15, 0.2) is 0 Å². The van der Waals surface area contributed by atoms with Crippen LogP contribution in [0.5, 0.6) is 0 Å². The Balaban J connectivity index is 0.000000562. The van der Waals surface area contributed by atoms with Crippen LogP contribution < -0.4 is 0 Å². The van der Waals surface area contributed by atoms with Gasteiger partial charge in [-0.05, 0) is 85.0 Å². The maximum Gasteiger partial charge on any atom is 0.0135 e. The van der Waals surface area contributed by atoms with Gasteiger partial charge in [0.05, 0.1) is 0 Å². The summed E-state index contributed by atoms with van der Waals surface area (Å²) in [6.45, 7) is 26.4. The molecule has 0 amide bonds. The summed E-state index contributed by atoms with van der Waals surface area (Å²) in [5.41, 5.74) is 4.23. The molecule has 0 spiro atoms. The van der Waals surface area contributed by atoms with E-state index in [0.29, 0.717) is 5.92 Å². The Kier molecular flexibility index (Phi) is 20.8. The van der Waals surface area contributed by atoms with E-state index in [1.54, 1.807) is 0 Å². The van der Waals surface area contributed by atoms with Gasteiger partial charge in [0.2, 0.25) is 0 Å². The normalized spacial score (nSPS) is 23.4. The molecule has 1 heteroatoms. The zero-order chi connectivity index (χ0) is 28.4. The van der Waals surface area contributed by atoms with Gasteiger partial charge in [-0.2, -0.15) is 11.8 Å². The Hall–Kier alpha value is -0.690. The molecule has 0 saturated heterocycles. The van der Waals surface area contributed by atoms with E-state index in [9.17, 15) is 0 Å². The third kappa shape index (κ3) is 18.3. The first-order valence-electron chi connectivity index (χ1n) is 15.6. The molecule has 216 valence electrons. The molecule has 0 radical (unpaired) electrons. The van der Waals surface area contributed by atoms with Gasteiger partial charge in [-0.3, -0.25) is 0 Å². The van der Waals surface area contributed by atoms with Crippen molar-refractivity contribution >= 4 is 11.8 Å². The number of hydrogen-bond acceptors (Lipinski definition) is 1. The summed E-state index contributed by atoms with van der Waals surface area (Å²) in [5, 5.41) is 0. The lowest BCUT2D eigenvalue weighted by Crippen LogP contribution is -2.29. The summed E-state index contributed by atoms with van der Waals surface area (Å²) < 4.78 is 0. The van der Waals surface area contributed by atoms with E-state index < -0.39 is 0 Å². The molecule has 1 aromatic carbocycles. The van der Waals surface area contributed by atoms with Crippen molar-refractivity contribution in [1.82, 2.24) is 0 Å². The largest absolute Gasteiger partial charge is 0.161 e. The standard InChI is InChI=1S/C18H28.C8H16.C5H10S.C5H12/c1-5-15-11-18(12-15)14(4)10-16-6-8-17(9-7-16)13(2)3;1-7-3-5-8(2)6-4-7;1-5(2)4-6-3;1-4-5(2)3/h6-9,13-15,18H,5,10-12H2,1-4H3;7-8H,3-6H2,1-2H3;1,4H2,2-3H3;5H,4H2,1-3H3. The fourth-order valence-electron chi connectivity index (χ4n) is 4.84. The van der Waals surface area contributed by atoms with Crippen molar-refractivity contribution in [2.75, 3.05) is 12.0 Å². The Morgan fingerprint density at radius 1 is 0.892 bits per heavy atom. The lowest BCUT2D eigenvalue weighted by molar-refractivity contribution is 0.129. The first kappa shape index (κ1) is 36.3. The van der Waals surface area contributed by atoms with Crippen LogP contribution >= 0.6 is 11.8 Å². The van der Waals surface area contributed by atoms with Crippen LogP contribution in [-0.4, -0.2) is 12.0 Å². The second-order valence-corrected chi connectivity index (χ2v) is 14.0. The van der Waals surface area contributed by atoms with Gasteiger partial charge in [-0.25, -0.2) is 0 Å². The van der Waals surface area contributed by atoms with E-state index in [0.717, 1.165) is 41.3 Å². The van der Waals surface area contributed by atoms with Gasteiger partial charge in [0, 0.05) is 5.75 Å². The lowest BCUT2D eigenvalue weighted by Gasteiger charge is -2.39. The second-order valence-electron chi connectivity index (χ2n) is 13.1. The maximum absolute atomic E-state index is 3.72. The lowest BCUT2D eigenvalue weighted by atomic mass is 9.67. The molecule has 1 atom stereocenters. The molecule has 2 saturated carbocycles. The van der Waals surface area contributed by atoms with Crippen LogP contribution in [0.1, 0.15) is 138 Å². The van der Waals surface area contributed by atoms with Crippen molar-refractivity contribution in [3.8, 4) is 0 Å². The van der Waals surface area contributed by atoms with E-state index in [1.807, 2.05) is 18.7 Å². The average molecular weight is 531 g/mol. The molecule has 0 aliphatic heterocycles. The van der Waals surface area contributed by atoms with Crippen LogP contribution in [0, 0.1) is 35.5 Å². The van der Waals surface area contributed by atoms with Crippen LogP contribution in [0.15, 0.2) is 36.4 Å². The monoisotopic (exact) mass is 530 g/mol. The predicted molar refractivity (Wildman–Crippen MR) is 175 cm³/mol. The summed E-state index contributed by atoms with van der Waals surface area (Å²) in [6, 6.07) is 9.29. The van der Waals surface area contributed by atoms with Gasteiger partial charge in [0.1, 0.15) is 0 Å². The molecule has 2 aliphatic rings. The predicted octanol–water partition coefficient (Wildman–Crippen LogP) is 12.2. The highest BCUT2D eigenvalue weighted by Gasteiger charge is 2.31. The molecule has 1 unspecified atom stereocenters. The van der Waals surface area contributed by atoms with Gasteiger partial charge in [-0.1, -0.05) is 137 Å². The number of thioether (sulfide) groups is 1. The first-order chi connectivity index (χ1) is 17.4. The van der Waals surface area contributed by atoms with Crippen LogP contribution in [0.4, 0.5) is 0 Å². The highest BCUT2D eigenvalue weighted by Crippen LogP contribution is 2.41. The van der Waals surface area contributed by atoms with Crippen molar-refractivity contribution in [2.24, 2.45) is 35.5 Å². The third-order valence-electron chi connectivity index (χ3n) is 8.37. The molecule has 0 heterocycles. The molecular weight excluding hydrogens is 464 g/mol. The molecule has 1 aromatic rings. The zero-order valence-electron chi connectivity index (χ0n) is 27.0. The van der Waals surface area contributed by atoms with Crippen LogP contribution in [0.25, 0.3) is 0 Å².